The monoisotopic (exact) mass is 406 g/mol. The van der Waals surface area contributed by atoms with Crippen molar-refractivity contribution in [3.63, 3.8) is 0 Å². The van der Waals surface area contributed by atoms with Crippen LogP contribution >= 0.6 is 11.8 Å². The molecule has 1 saturated heterocycles. The van der Waals surface area contributed by atoms with Crippen LogP contribution in [0.15, 0.2) is 24.3 Å². The highest BCUT2D eigenvalue weighted by atomic mass is 32.2. The van der Waals surface area contributed by atoms with Crippen molar-refractivity contribution in [1.29, 1.82) is 0 Å². The maximum absolute atomic E-state index is 12.1. The molecule has 1 aliphatic heterocycles. The lowest BCUT2D eigenvalue weighted by Gasteiger charge is -2.16. The number of benzene rings is 1. The predicted molar refractivity (Wildman–Crippen MR) is 103 cm³/mol. The number of hydrogen-bond acceptors (Lipinski definition) is 7. The van der Waals surface area contributed by atoms with Crippen LogP contribution < -0.4 is 5.32 Å². The largest absolute Gasteiger partial charge is 0.453 e. The summed E-state index contributed by atoms with van der Waals surface area (Å²) in [5, 5.41) is 2.18. The quantitative estimate of drug-likeness (QED) is 0.491. The third-order valence-electron chi connectivity index (χ3n) is 4.08. The number of nitrogens with zero attached hydrogens (tertiary/aromatic N) is 1. The van der Waals surface area contributed by atoms with Gasteiger partial charge in [-0.1, -0.05) is 41.6 Å². The van der Waals surface area contributed by atoms with Crippen LogP contribution in [0, 0.1) is 6.92 Å². The first-order chi connectivity index (χ1) is 13.3. The molecule has 0 unspecified atom stereocenters. The molecule has 1 aliphatic rings. The van der Waals surface area contributed by atoms with Gasteiger partial charge >= 0.3 is 5.97 Å². The van der Waals surface area contributed by atoms with Crippen LogP contribution in [-0.4, -0.2) is 58.7 Å². The van der Waals surface area contributed by atoms with Crippen LogP contribution in [-0.2, 0) is 19.1 Å². The minimum atomic E-state index is -1.04. The average Bonchev–Trinajstić information content (AvgIpc) is 2.98. The lowest BCUT2D eigenvalue weighted by molar-refractivity contribution is -0.154. The number of aryl methyl sites for hydroxylation is 1. The molecule has 0 aliphatic carbocycles. The van der Waals surface area contributed by atoms with Gasteiger partial charge < -0.3 is 10.1 Å². The highest BCUT2D eigenvalue weighted by Gasteiger charge is 2.29. The fraction of sp³-hybridized carbons (Fsp3) is 0.421. The number of Topliss-reactive ketones (excluding diaryl/α,β-unsaturated/α-hetero) is 1. The van der Waals surface area contributed by atoms with E-state index in [1.165, 1.54) is 6.92 Å². The molecule has 3 amide bonds. The molecule has 8 nitrogen and oxygen atoms in total. The Morgan fingerprint density at radius 3 is 2.46 bits per heavy atom. The third-order valence-corrected chi connectivity index (χ3v) is 4.94. The van der Waals surface area contributed by atoms with E-state index in [0.29, 0.717) is 5.56 Å². The molecule has 0 spiro atoms. The van der Waals surface area contributed by atoms with E-state index >= 15 is 0 Å². The maximum Gasteiger partial charge on any atom is 0.307 e. The van der Waals surface area contributed by atoms with Gasteiger partial charge in [0.05, 0.1) is 12.2 Å². The van der Waals surface area contributed by atoms with Gasteiger partial charge in [-0.25, -0.2) is 0 Å². The predicted octanol–water partition coefficient (Wildman–Crippen LogP) is 1.70. The number of thioether (sulfide) groups is 1. The number of nitrogens with one attached hydrogen (secondary N) is 1. The summed E-state index contributed by atoms with van der Waals surface area (Å²) in [6.07, 6.45) is -1.17. The van der Waals surface area contributed by atoms with Crippen molar-refractivity contribution in [3.8, 4) is 0 Å². The summed E-state index contributed by atoms with van der Waals surface area (Å²) < 4.78 is 5.03. The highest BCUT2D eigenvalue weighted by molar-refractivity contribution is 8.14. The Bertz CT molecular complexity index is 761. The van der Waals surface area contributed by atoms with Crippen molar-refractivity contribution in [2.45, 2.75) is 32.8 Å². The molecule has 1 heterocycles. The fourth-order valence-electron chi connectivity index (χ4n) is 2.44. The maximum atomic E-state index is 12.1. The van der Waals surface area contributed by atoms with E-state index in [4.69, 9.17) is 4.74 Å². The van der Waals surface area contributed by atoms with Crippen molar-refractivity contribution < 1.29 is 28.7 Å². The van der Waals surface area contributed by atoms with Gasteiger partial charge in [0.15, 0.2) is 11.9 Å². The van der Waals surface area contributed by atoms with Gasteiger partial charge in [0.2, 0.25) is 5.91 Å². The van der Waals surface area contributed by atoms with E-state index in [1.54, 1.807) is 12.1 Å². The first-order valence-electron chi connectivity index (χ1n) is 8.82. The van der Waals surface area contributed by atoms with Crippen LogP contribution in [0.1, 0.15) is 35.7 Å². The molecule has 2 rings (SSSR count). The number of carbonyl (C=O) groups is 5. The summed E-state index contributed by atoms with van der Waals surface area (Å²) >= 11 is 0.922. The first kappa shape index (κ1) is 21.6. The molecule has 28 heavy (non-hydrogen) atoms. The van der Waals surface area contributed by atoms with Crippen LogP contribution in [0.5, 0.6) is 0 Å². The molecule has 9 heteroatoms. The number of rotatable bonds is 9. The molecular weight excluding hydrogens is 384 g/mol. The minimum absolute atomic E-state index is 0.00686. The van der Waals surface area contributed by atoms with E-state index in [-0.39, 0.29) is 48.6 Å². The molecule has 0 bridgehead atoms. The Balaban J connectivity index is 1.68. The van der Waals surface area contributed by atoms with Crippen LogP contribution in [0.4, 0.5) is 4.79 Å². The van der Waals surface area contributed by atoms with Gasteiger partial charge in [-0.15, -0.1) is 0 Å². The summed E-state index contributed by atoms with van der Waals surface area (Å²) in [5.74, 6) is -1.54. The average molecular weight is 406 g/mol. The Labute approximate surface area is 167 Å². The Morgan fingerprint density at radius 2 is 1.86 bits per heavy atom. The first-order valence-corrected chi connectivity index (χ1v) is 9.80. The number of esters is 1. The van der Waals surface area contributed by atoms with Crippen molar-refractivity contribution >= 4 is 40.6 Å². The zero-order valence-electron chi connectivity index (χ0n) is 15.7. The summed E-state index contributed by atoms with van der Waals surface area (Å²) in [7, 11) is 0. The second-order valence-electron chi connectivity index (χ2n) is 6.31. The van der Waals surface area contributed by atoms with E-state index in [2.05, 4.69) is 5.32 Å². The highest BCUT2D eigenvalue weighted by Crippen LogP contribution is 2.17. The van der Waals surface area contributed by atoms with Crippen molar-refractivity contribution in [1.82, 2.24) is 10.2 Å². The third kappa shape index (κ3) is 6.19. The molecular formula is C19H22N2O6S. The second-order valence-corrected chi connectivity index (χ2v) is 7.24. The topological polar surface area (TPSA) is 110 Å². The Morgan fingerprint density at radius 1 is 1.18 bits per heavy atom. The van der Waals surface area contributed by atoms with E-state index in [9.17, 15) is 24.0 Å². The van der Waals surface area contributed by atoms with Gasteiger partial charge in [0.1, 0.15) is 0 Å². The number of imide groups is 1. The molecule has 150 valence electrons. The molecule has 1 N–H and O–H groups in total. The van der Waals surface area contributed by atoms with Gasteiger partial charge in [-0.3, -0.25) is 28.9 Å². The van der Waals surface area contributed by atoms with Gasteiger partial charge in [0.25, 0.3) is 11.1 Å². The van der Waals surface area contributed by atoms with Crippen LogP contribution in [0.2, 0.25) is 0 Å². The lowest BCUT2D eigenvalue weighted by atomic mass is 10.1. The number of carbonyl (C=O) groups excluding carboxylic acids is 5. The minimum Gasteiger partial charge on any atom is -0.453 e. The summed E-state index contributed by atoms with van der Waals surface area (Å²) in [6.45, 7) is 3.47. The SMILES string of the molecule is Cc1ccc(C(=O)CCC(=O)O[C@@H](C)C(=O)NCCN2C(=O)CSC2=O)cc1. The zero-order valence-corrected chi connectivity index (χ0v) is 16.5. The zero-order chi connectivity index (χ0) is 20.7. The molecule has 0 saturated carbocycles. The van der Waals surface area contributed by atoms with E-state index in [0.717, 1.165) is 22.2 Å². The Kier molecular flexibility index (Phi) is 7.74. The van der Waals surface area contributed by atoms with Crippen molar-refractivity contribution in [3.05, 3.63) is 35.4 Å². The number of amides is 3. The van der Waals surface area contributed by atoms with Crippen LogP contribution in [0.25, 0.3) is 0 Å². The van der Waals surface area contributed by atoms with Gasteiger partial charge in [-0.05, 0) is 13.8 Å². The van der Waals surface area contributed by atoms with Crippen molar-refractivity contribution in [2.24, 2.45) is 0 Å². The molecule has 1 atom stereocenters. The number of ether oxygens (including phenoxy) is 1. The normalized spacial score (nSPS) is 14.7. The van der Waals surface area contributed by atoms with Crippen LogP contribution in [0.3, 0.4) is 0 Å². The molecule has 0 aromatic heterocycles. The summed E-state index contributed by atoms with van der Waals surface area (Å²) in [5.41, 5.74) is 1.56. The Hall–Kier alpha value is -2.68. The second kappa shape index (κ2) is 10.0. The molecule has 1 aromatic carbocycles. The number of ketones is 1. The smallest absolute Gasteiger partial charge is 0.307 e. The molecule has 1 fully saturated rings. The molecule has 0 radical (unpaired) electrons. The molecule has 1 aromatic rings. The van der Waals surface area contributed by atoms with Crippen molar-refractivity contribution in [2.75, 3.05) is 18.8 Å². The standard InChI is InChI=1S/C19H22N2O6S/c1-12-3-5-14(6-4-12)15(22)7-8-17(24)27-13(2)18(25)20-9-10-21-16(23)11-28-19(21)26/h3-6,13H,7-11H2,1-2H3,(H,20,25)/t13-/m0/s1. The van der Waals surface area contributed by atoms with Gasteiger partial charge in [0, 0.05) is 25.1 Å². The summed E-state index contributed by atoms with van der Waals surface area (Å²) in [4.78, 5) is 59.8. The van der Waals surface area contributed by atoms with E-state index < -0.39 is 18.0 Å². The fourth-order valence-corrected chi connectivity index (χ4v) is 3.19. The summed E-state index contributed by atoms with van der Waals surface area (Å²) in [6, 6.07) is 7.04. The van der Waals surface area contributed by atoms with E-state index in [1.807, 2.05) is 19.1 Å². The number of hydrogen-bond donors (Lipinski definition) is 1. The van der Waals surface area contributed by atoms with Gasteiger partial charge in [-0.2, -0.15) is 0 Å². The lowest BCUT2D eigenvalue weighted by Crippen LogP contribution is -2.41.